The van der Waals surface area contributed by atoms with E-state index in [2.05, 4.69) is 36.9 Å². The molecule has 28 heavy (non-hydrogen) atoms. The summed E-state index contributed by atoms with van der Waals surface area (Å²) in [6, 6.07) is 5.78. The van der Waals surface area contributed by atoms with Crippen molar-refractivity contribution < 1.29 is 9.32 Å². The molecule has 146 valence electrons. The van der Waals surface area contributed by atoms with Gasteiger partial charge >= 0.3 is 0 Å². The molecule has 1 amide bonds. The van der Waals surface area contributed by atoms with E-state index in [-0.39, 0.29) is 5.91 Å². The molecule has 0 unspecified atom stereocenters. The lowest BCUT2D eigenvalue weighted by molar-refractivity contribution is -0.121. The lowest BCUT2D eigenvalue weighted by Gasteiger charge is -2.02. The number of nitrogens with zero attached hydrogens (tertiary/aromatic N) is 5. The summed E-state index contributed by atoms with van der Waals surface area (Å²) in [7, 11) is 0. The molecule has 9 nitrogen and oxygen atoms in total. The third-order valence-corrected chi connectivity index (χ3v) is 4.60. The van der Waals surface area contributed by atoms with Crippen LogP contribution in [0.25, 0.3) is 11.4 Å². The predicted molar refractivity (Wildman–Crippen MR) is 101 cm³/mol. The molecule has 3 aromatic heterocycles. The van der Waals surface area contributed by atoms with Crippen LogP contribution in [0.3, 0.4) is 0 Å². The molecule has 0 saturated heterocycles. The summed E-state index contributed by atoms with van der Waals surface area (Å²) >= 11 is 0. The molecule has 0 fully saturated rings. The number of amides is 1. The number of aromatic nitrogens is 5. The monoisotopic (exact) mass is 381 g/mol. The smallest absolute Gasteiger partial charge is 0.228 e. The van der Waals surface area contributed by atoms with Gasteiger partial charge in [0.1, 0.15) is 0 Å². The molecule has 0 spiro atoms. The van der Waals surface area contributed by atoms with Gasteiger partial charge in [-0.05, 0) is 31.2 Å². The van der Waals surface area contributed by atoms with E-state index < -0.39 is 0 Å². The summed E-state index contributed by atoms with van der Waals surface area (Å²) in [6.07, 6.45) is 5.99. The molecule has 0 atom stereocenters. The van der Waals surface area contributed by atoms with Gasteiger partial charge in [0.2, 0.25) is 17.6 Å². The Labute approximate surface area is 162 Å². The number of hydrogen-bond acceptors (Lipinski definition) is 7. The van der Waals surface area contributed by atoms with Crippen molar-refractivity contribution in [3.8, 4) is 11.4 Å². The fraction of sp³-hybridized carbons (Fsp3) is 0.421. The standard InChI is InChI=1S/C19H23N7O2/c27-17(5-4-15-11-16-13-21-8-2-10-26(16)24-15)22-9-6-18-23-19(25-28-18)14-3-1-7-20-12-14/h1,3,7,11-12,21H,2,4-6,8-10,13H2,(H,22,27). The first-order valence-corrected chi connectivity index (χ1v) is 9.54. The van der Waals surface area contributed by atoms with Crippen molar-refractivity contribution in [1.29, 1.82) is 0 Å². The van der Waals surface area contributed by atoms with Crippen LogP contribution >= 0.6 is 0 Å². The molecular weight excluding hydrogens is 358 g/mol. The van der Waals surface area contributed by atoms with Crippen molar-refractivity contribution in [2.24, 2.45) is 0 Å². The number of rotatable bonds is 7. The molecule has 1 aliphatic rings. The summed E-state index contributed by atoms with van der Waals surface area (Å²) in [5, 5.41) is 14.8. The Balaban J connectivity index is 1.21. The molecule has 0 aliphatic carbocycles. The third kappa shape index (κ3) is 4.61. The average molecular weight is 381 g/mol. The molecule has 9 heteroatoms. The average Bonchev–Trinajstić information content (AvgIpc) is 3.29. The minimum atomic E-state index is -0.00619. The molecule has 0 saturated carbocycles. The summed E-state index contributed by atoms with van der Waals surface area (Å²) in [5.74, 6) is 0.987. The number of fused-ring (bicyclic) bond motifs is 1. The zero-order valence-electron chi connectivity index (χ0n) is 15.6. The van der Waals surface area contributed by atoms with Gasteiger partial charge in [0.15, 0.2) is 0 Å². The van der Waals surface area contributed by atoms with Crippen LogP contribution in [0.5, 0.6) is 0 Å². The first-order chi connectivity index (χ1) is 13.8. The van der Waals surface area contributed by atoms with Gasteiger partial charge in [-0.1, -0.05) is 5.16 Å². The maximum absolute atomic E-state index is 12.1. The highest BCUT2D eigenvalue weighted by Crippen LogP contribution is 2.13. The SMILES string of the molecule is O=C(CCc1cc2n(n1)CCCNC2)NCCc1nc(-c2cccnc2)no1. The molecule has 2 N–H and O–H groups in total. The van der Waals surface area contributed by atoms with E-state index in [9.17, 15) is 4.79 Å². The zero-order valence-corrected chi connectivity index (χ0v) is 15.6. The van der Waals surface area contributed by atoms with Gasteiger partial charge in [0, 0.05) is 56.9 Å². The topological polar surface area (TPSA) is 111 Å². The van der Waals surface area contributed by atoms with E-state index >= 15 is 0 Å². The van der Waals surface area contributed by atoms with Gasteiger partial charge in [0.05, 0.1) is 11.4 Å². The van der Waals surface area contributed by atoms with E-state index in [1.807, 2.05) is 16.8 Å². The molecule has 4 heterocycles. The number of carbonyl (C=O) groups is 1. The molecule has 1 aliphatic heterocycles. The van der Waals surface area contributed by atoms with Gasteiger partial charge < -0.3 is 15.2 Å². The Morgan fingerprint density at radius 2 is 2.32 bits per heavy atom. The fourth-order valence-corrected chi connectivity index (χ4v) is 3.15. The largest absolute Gasteiger partial charge is 0.356 e. The second kappa shape index (κ2) is 8.75. The van der Waals surface area contributed by atoms with Crippen molar-refractivity contribution in [1.82, 2.24) is 35.5 Å². The Hall–Kier alpha value is -3.07. The molecule has 0 bridgehead atoms. The lowest BCUT2D eigenvalue weighted by Crippen LogP contribution is -2.26. The summed E-state index contributed by atoms with van der Waals surface area (Å²) in [4.78, 5) is 20.5. The predicted octanol–water partition coefficient (Wildman–Crippen LogP) is 1.11. The molecule has 3 aromatic rings. The second-order valence-electron chi connectivity index (χ2n) is 6.73. The van der Waals surface area contributed by atoms with Gasteiger partial charge in [0.25, 0.3) is 0 Å². The van der Waals surface area contributed by atoms with Crippen LogP contribution in [-0.2, 0) is 30.7 Å². The Morgan fingerprint density at radius 3 is 3.21 bits per heavy atom. The van der Waals surface area contributed by atoms with Crippen LogP contribution < -0.4 is 10.6 Å². The Bertz CT molecular complexity index is 896. The van der Waals surface area contributed by atoms with Crippen molar-refractivity contribution in [2.45, 2.75) is 38.8 Å². The number of hydrogen-bond donors (Lipinski definition) is 2. The number of pyridine rings is 1. The van der Waals surface area contributed by atoms with Crippen molar-refractivity contribution in [3.05, 3.63) is 47.9 Å². The van der Waals surface area contributed by atoms with E-state index in [1.54, 1.807) is 12.4 Å². The van der Waals surface area contributed by atoms with Gasteiger partial charge in [-0.15, -0.1) is 0 Å². The maximum Gasteiger partial charge on any atom is 0.228 e. The van der Waals surface area contributed by atoms with Gasteiger partial charge in [-0.2, -0.15) is 10.1 Å². The number of aryl methyl sites for hydroxylation is 2. The minimum absolute atomic E-state index is 0.00619. The van der Waals surface area contributed by atoms with Crippen molar-refractivity contribution in [2.75, 3.05) is 13.1 Å². The Morgan fingerprint density at radius 1 is 1.36 bits per heavy atom. The van der Waals surface area contributed by atoms with Crippen LogP contribution in [0.2, 0.25) is 0 Å². The molecule has 4 rings (SSSR count). The Kier molecular flexibility index (Phi) is 5.72. The fourth-order valence-electron chi connectivity index (χ4n) is 3.15. The maximum atomic E-state index is 12.1. The van der Waals surface area contributed by atoms with Crippen LogP contribution in [0.1, 0.15) is 30.1 Å². The first kappa shape index (κ1) is 18.3. The highest BCUT2D eigenvalue weighted by molar-refractivity contribution is 5.76. The van der Waals surface area contributed by atoms with Crippen molar-refractivity contribution >= 4 is 5.91 Å². The number of nitrogens with one attached hydrogen (secondary N) is 2. The van der Waals surface area contributed by atoms with Crippen LogP contribution in [0.15, 0.2) is 35.1 Å². The van der Waals surface area contributed by atoms with Crippen LogP contribution in [0.4, 0.5) is 0 Å². The van der Waals surface area contributed by atoms with E-state index in [0.29, 0.717) is 37.5 Å². The van der Waals surface area contributed by atoms with E-state index in [0.717, 1.165) is 37.3 Å². The first-order valence-electron chi connectivity index (χ1n) is 9.54. The molecule has 0 aromatic carbocycles. The van der Waals surface area contributed by atoms with Crippen molar-refractivity contribution in [3.63, 3.8) is 0 Å². The normalized spacial score (nSPS) is 13.7. The molecule has 0 radical (unpaired) electrons. The summed E-state index contributed by atoms with van der Waals surface area (Å²) < 4.78 is 7.27. The van der Waals surface area contributed by atoms with Gasteiger partial charge in [-0.3, -0.25) is 14.5 Å². The van der Waals surface area contributed by atoms with Gasteiger partial charge in [-0.25, -0.2) is 0 Å². The summed E-state index contributed by atoms with van der Waals surface area (Å²) in [5.41, 5.74) is 2.95. The number of carbonyl (C=O) groups excluding carboxylic acids is 1. The summed E-state index contributed by atoms with van der Waals surface area (Å²) in [6.45, 7) is 3.24. The van der Waals surface area contributed by atoms with Crippen LogP contribution in [0, 0.1) is 0 Å². The highest BCUT2D eigenvalue weighted by atomic mass is 16.5. The highest BCUT2D eigenvalue weighted by Gasteiger charge is 2.12. The zero-order chi connectivity index (χ0) is 19.2. The molecular formula is C19H23N7O2. The van der Waals surface area contributed by atoms with E-state index in [1.165, 1.54) is 5.69 Å². The third-order valence-electron chi connectivity index (χ3n) is 4.60. The second-order valence-corrected chi connectivity index (χ2v) is 6.73. The van der Waals surface area contributed by atoms with Crippen LogP contribution in [-0.4, -0.2) is 43.9 Å². The van der Waals surface area contributed by atoms with E-state index in [4.69, 9.17) is 4.52 Å². The quantitative estimate of drug-likeness (QED) is 0.631. The minimum Gasteiger partial charge on any atom is -0.356 e. The lowest BCUT2D eigenvalue weighted by atomic mass is 10.2.